The van der Waals surface area contributed by atoms with Crippen LogP contribution in [0.4, 0.5) is 4.79 Å². The van der Waals surface area contributed by atoms with Crippen LogP contribution >= 0.6 is 0 Å². The van der Waals surface area contributed by atoms with E-state index in [1.165, 1.54) is 6.92 Å². The average Bonchev–Trinajstić information content (AvgIpc) is 3.11. The molecule has 4 amide bonds. The number of ether oxygens (including phenoxy) is 9. The fourth-order valence-electron chi connectivity index (χ4n) is 3.60. The molecule has 0 fully saturated rings. The monoisotopic (exact) mass is 753 g/mol. The summed E-state index contributed by atoms with van der Waals surface area (Å²) in [6, 6.07) is 0. The number of nitrogens with one attached hydrogen (secondary N) is 4. The number of hydrogen-bond acceptors (Lipinski definition) is 16. The molecule has 0 aromatic carbocycles. The van der Waals surface area contributed by atoms with E-state index in [0.717, 1.165) is 6.42 Å². The second kappa shape index (κ2) is 35.7. The average molecular weight is 754 g/mol. The maximum atomic E-state index is 12.4. The Kier molecular flexibility index (Phi) is 33.2. The van der Waals surface area contributed by atoms with Crippen molar-refractivity contribution in [3.05, 3.63) is 0 Å². The highest BCUT2D eigenvalue weighted by Crippen LogP contribution is 1.93. The van der Waals surface area contributed by atoms with Gasteiger partial charge < -0.3 is 63.9 Å². The van der Waals surface area contributed by atoms with Crippen molar-refractivity contribution >= 4 is 35.8 Å². The molecule has 0 radical (unpaired) electrons. The summed E-state index contributed by atoms with van der Waals surface area (Å²) in [6.07, 6.45) is 0.265. The highest BCUT2D eigenvalue weighted by molar-refractivity contribution is 5.78. The van der Waals surface area contributed by atoms with Gasteiger partial charge in [-0.15, -0.1) is 0 Å². The normalized spacial score (nSPS) is 10.8. The molecule has 0 unspecified atom stereocenters. The molecule has 0 atom stereocenters. The quantitative estimate of drug-likeness (QED) is 0.0311. The van der Waals surface area contributed by atoms with Crippen LogP contribution < -0.4 is 21.3 Å². The summed E-state index contributed by atoms with van der Waals surface area (Å²) < 4.78 is 46.5. The Morgan fingerprint density at radius 1 is 0.481 bits per heavy atom. The maximum absolute atomic E-state index is 12.4. The Bertz CT molecular complexity index is 977. The van der Waals surface area contributed by atoms with Gasteiger partial charge in [0.2, 0.25) is 17.7 Å². The van der Waals surface area contributed by atoms with Crippen molar-refractivity contribution in [2.75, 3.05) is 145 Å². The maximum Gasteiger partial charge on any atom is 0.407 e. The third kappa shape index (κ3) is 34.8. The summed E-state index contributed by atoms with van der Waals surface area (Å²) in [5, 5.41) is 10.5. The molecule has 302 valence electrons. The van der Waals surface area contributed by atoms with Gasteiger partial charge in [0.1, 0.15) is 33.0 Å². The van der Waals surface area contributed by atoms with E-state index in [9.17, 15) is 28.8 Å². The lowest BCUT2D eigenvalue weighted by Gasteiger charge is -2.21. The van der Waals surface area contributed by atoms with Crippen LogP contribution in [-0.4, -0.2) is 186 Å². The van der Waals surface area contributed by atoms with E-state index >= 15 is 0 Å². The number of esters is 2. The van der Waals surface area contributed by atoms with E-state index in [4.69, 9.17) is 42.6 Å². The van der Waals surface area contributed by atoms with Gasteiger partial charge in [-0.05, 0) is 13.3 Å². The molecule has 0 aromatic heterocycles. The lowest BCUT2D eigenvalue weighted by molar-refractivity contribution is -0.150. The highest BCUT2D eigenvalue weighted by Gasteiger charge is 2.13. The van der Waals surface area contributed by atoms with Crippen LogP contribution in [0.2, 0.25) is 0 Å². The van der Waals surface area contributed by atoms with Gasteiger partial charge in [0.15, 0.2) is 0 Å². The number of hydrogen-bond donors (Lipinski definition) is 4. The zero-order chi connectivity index (χ0) is 38.5. The predicted molar refractivity (Wildman–Crippen MR) is 183 cm³/mol. The first-order chi connectivity index (χ1) is 25.2. The molecule has 0 aliphatic heterocycles. The number of carbonyl (C=O) groups is 6. The fraction of sp³-hybridized carbons (Fsp3) is 0.812. The summed E-state index contributed by atoms with van der Waals surface area (Å²) in [5.74, 6) is -2.11. The molecule has 0 spiro atoms. The van der Waals surface area contributed by atoms with Crippen LogP contribution in [0.3, 0.4) is 0 Å². The molecule has 0 rings (SSSR count). The van der Waals surface area contributed by atoms with E-state index < -0.39 is 30.5 Å². The fourth-order valence-corrected chi connectivity index (χ4v) is 3.60. The number of nitrogens with zero attached hydrogens (tertiary/aromatic N) is 1. The summed E-state index contributed by atoms with van der Waals surface area (Å²) in [7, 11) is 0. The van der Waals surface area contributed by atoms with Crippen molar-refractivity contribution in [3.8, 4) is 0 Å². The second-order valence-electron chi connectivity index (χ2n) is 10.5. The smallest absolute Gasteiger partial charge is 0.407 e. The van der Waals surface area contributed by atoms with E-state index in [1.54, 1.807) is 11.8 Å². The van der Waals surface area contributed by atoms with Crippen molar-refractivity contribution in [2.24, 2.45) is 0 Å². The van der Waals surface area contributed by atoms with Crippen LogP contribution in [0.5, 0.6) is 0 Å². The van der Waals surface area contributed by atoms with E-state index in [0.29, 0.717) is 65.9 Å². The Labute approximate surface area is 305 Å². The zero-order valence-corrected chi connectivity index (χ0v) is 30.8. The van der Waals surface area contributed by atoms with Crippen LogP contribution in [0, 0.1) is 0 Å². The molecule has 20 nitrogen and oxygen atoms in total. The van der Waals surface area contributed by atoms with Crippen molar-refractivity contribution in [1.82, 2.24) is 26.2 Å². The standard InChI is InChI=1S/C32H59N5O15/c1-4-12-52-32(43)36-9-16-48-22-21-47-15-8-35-30(41)25-49-26-31(42)51-18-11-37(10-17-50-27(3)38)23-28(39)33-6-13-45-19-20-46-14-7-34-29(40)24-44-5-2/h4-26H2,1-3H3,(H,33,39)(H,34,40)(H,35,41)(H,36,43). The van der Waals surface area contributed by atoms with Crippen molar-refractivity contribution < 1.29 is 71.4 Å². The molecular formula is C32H59N5O15. The van der Waals surface area contributed by atoms with Gasteiger partial charge >= 0.3 is 18.0 Å². The molecule has 0 aliphatic rings. The Morgan fingerprint density at radius 3 is 1.46 bits per heavy atom. The summed E-state index contributed by atoms with van der Waals surface area (Å²) in [4.78, 5) is 71.8. The SMILES string of the molecule is CCCOC(=O)NCCOCCOCCNC(=O)COCC(=O)OCCN(CCOC(C)=O)CC(=O)NCCOCCOCCNC(=O)COCC. The molecular weight excluding hydrogens is 694 g/mol. The third-order valence-corrected chi connectivity index (χ3v) is 6.04. The zero-order valence-electron chi connectivity index (χ0n) is 30.8. The van der Waals surface area contributed by atoms with Crippen LogP contribution in [0.25, 0.3) is 0 Å². The Hall–Kier alpha value is -3.66. The lowest BCUT2D eigenvalue weighted by Crippen LogP contribution is -2.41. The first kappa shape index (κ1) is 48.3. The van der Waals surface area contributed by atoms with Gasteiger partial charge in [-0.3, -0.25) is 24.1 Å². The van der Waals surface area contributed by atoms with Gasteiger partial charge in [0.05, 0.1) is 66.0 Å². The van der Waals surface area contributed by atoms with E-state index in [1.807, 2.05) is 6.92 Å². The van der Waals surface area contributed by atoms with Gasteiger partial charge in [0, 0.05) is 52.8 Å². The summed E-state index contributed by atoms with van der Waals surface area (Å²) >= 11 is 0. The van der Waals surface area contributed by atoms with Crippen LogP contribution in [0.1, 0.15) is 27.2 Å². The second-order valence-corrected chi connectivity index (χ2v) is 10.5. The first-order valence-corrected chi connectivity index (χ1v) is 17.4. The predicted octanol–water partition coefficient (Wildman–Crippen LogP) is -2.00. The minimum absolute atomic E-state index is 0.0157. The van der Waals surface area contributed by atoms with Gasteiger partial charge in [-0.2, -0.15) is 0 Å². The van der Waals surface area contributed by atoms with E-state index in [-0.39, 0.29) is 84.2 Å². The minimum atomic E-state index is -0.693. The van der Waals surface area contributed by atoms with E-state index in [2.05, 4.69) is 21.3 Å². The van der Waals surface area contributed by atoms with Crippen molar-refractivity contribution in [1.29, 1.82) is 0 Å². The molecule has 0 bridgehead atoms. The number of carbonyl (C=O) groups excluding carboxylic acids is 6. The van der Waals surface area contributed by atoms with Crippen LogP contribution in [-0.2, 0) is 66.6 Å². The van der Waals surface area contributed by atoms with Gasteiger partial charge in [0.25, 0.3) is 0 Å². The van der Waals surface area contributed by atoms with Crippen molar-refractivity contribution in [3.63, 3.8) is 0 Å². The van der Waals surface area contributed by atoms with Gasteiger partial charge in [-0.1, -0.05) is 6.92 Å². The molecule has 0 saturated carbocycles. The molecule has 0 heterocycles. The number of amides is 4. The number of alkyl carbamates (subject to hydrolysis) is 1. The van der Waals surface area contributed by atoms with Crippen LogP contribution in [0.15, 0.2) is 0 Å². The molecule has 20 heteroatoms. The highest BCUT2D eigenvalue weighted by atomic mass is 16.6. The molecule has 0 aromatic rings. The van der Waals surface area contributed by atoms with Crippen molar-refractivity contribution in [2.45, 2.75) is 27.2 Å². The molecule has 52 heavy (non-hydrogen) atoms. The van der Waals surface area contributed by atoms with Gasteiger partial charge in [-0.25, -0.2) is 9.59 Å². The third-order valence-electron chi connectivity index (χ3n) is 6.04. The summed E-state index contributed by atoms with van der Waals surface area (Å²) in [5.41, 5.74) is 0. The largest absolute Gasteiger partial charge is 0.465 e. The lowest BCUT2D eigenvalue weighted by atomic mass is 10.4. The number of rotatable bonds is 35. The Balaban J connectivity index is 3.97. The molecule has 0 saturated heterocycles. The molecule has 0 aliphatic carbocycles. The first-order valence-electron chi connectivity index (χ1n) is 17.4. The molecule has 4 N–H and O–H groups in total. The summed E-state index contributed by atoms with van der Waals surface area (Å²) in [6.45, 7) is 8.93. The minimum Gasteiger partial charge on any atom is -0.465 e. The topological polar surface area (TPSA) is 237 Å². The Morgan fingerprint density at radius 2 is 0.962 bits per heavy atom.